The van der Waals surface area contributed by atoms with Gasteiger partial charge in [0.05, 0.1) is 17.1 Å². The number of aromatic nitrogens is 1. The summed E-state index contributed by atoms with van der Waals surface area (Å²) < 4.78 is 0. The van der Waals surface area contributed by atoms with Crippen molar-refractivity contribution in [3.63, 3.8) is 0 Å². The molecule has 3 heterocycles. The summed E-state index contributed by atoms with van der Waals surface area (Å²) in [5.74, 6) is 2.81. The standard InChI is InChI=1S/C16H25N3OS2/c1-12-15(22-13(2)17-12)11-16(20)19-5-3-14(4-6-19)18-7-9-21-10-8-18/h14H,3-11H2,1-2H3. The zero-order valence-corrected chi connectivity index (χ0v) is 15.1. The molecule has 0 N–H and O–H groups in total. The smallest absolute Gasteiger partial charge is 0.227 e. The van der Waals surface area contributed by atoms with Gasteiger partial charge in [0.1, 0.15) is 0 Å². The summed E-state index contributed by atoms with van der Waals surface area (Å²) in [4.78, 5) is 22.8. The Kier molecular flexibility index (Phi) is 5.42. The van der Waals surface area contributed by atoms with Gasteiger partial charge in [-0.1, -0.05) is 0 Å². The SMILES string of the molecule is Cc1nc(C)c(CC(=O)N2CCC(N3CCSCC3)CC2)s1. The summed E-state index contributed by atoms with van der Waals surface area (Å²) in [6, 6.07) is 0.692. The number of likely N-dealkylation sites (tertiary alicyclic amines) is 1. The maximum absolute atomic E-state index is 12.5. The highest BCUT2D eigenvalue weighted by atomic mass is 32.2. The average Bonchev–Trinajstić information content (AvgIpc) is 2.86. The number of rotatable bonds is 3. The molecular formula is C16H25N3OS2. The van der Waals surface area contributed by atoms with Crippen LogP contribution in [0.2, 0.25) is 0 Å². The van der Waals surface area contributed by atoms with Gasteiger partial charge in [0.2, 0.25) is 5.91 Å². The Labute approximate surface area is 141 Å². The first kappa shape index (κ1) is 16.3. The number of hydrogen-bond acceptors (Lipinski definition) is 5. The minimum absolute atomic E-state index is 0.277. The van der Waals surface area contributed by atoms with Gasteiger partial charge in [-0.25, -0.2) is 4.98 Å². The Morgan fingerprint density at radius 1 is 1.18 bits per heavy atom. The van der Waals surface area contributed by atoms with E-state index in [0.717, 1.165) is 41.5 Å². The fourth-order valence-electron chi connectivity index (χ4n) is 3.41. The van der Waals surface area contributed by atoms with E-state index in [1.165, 1.54) is 24.6 Å². The van der Waals surface area contributed by atoms with E-state index in [0.29, 0.717) is 12.5 Å². The Morgan fingerprint density at radius 2 is 1.86 bits per heavy atom. The topological polar surface area (TPSA) is 36.4 Å². The second-order valence-electron chi connectivity index (χ2n) is 6.18. The van der Waals surface area contributed by atoms with Crippen LogP contribution < -0.4 is 0 Å². The Bertz CT molecular complexity index is 517. The van der Waals surface area contributed by atoms with E-state index in [-0.39, 0.29) is 5.91 Å². The van der Waals surface area contributed by atoms with E-state index in [9.17, 15) is 4.79 Å². The summed E-state index contributed by atoms with van der Waals surface area (Å²) in [6.45, 7) is 8.31. The zero-order valence-electron chi connectivity index (χ0n) is 13.5. The van der Waals surface area contributed by atoms with Crippen LogP contribution in [0.25, 0.3) is 0 Å². The first-order valence-corrected chi connectivity index (χ1v) is 10.1. The molecule has 2 saturated heterocycles. The first-order chi connectivity index (χ1) is 10.6. The van der Waals surface area contributed by atoms with Crippen molar-refractivity contribution in [3.05, 3.63) is 15.6 Å². The molecule has 0 unspecified atom stereocenters. The van der Waals surface area contributed by atoms with E-state index in [1.807, 2.05) is 13.8 Å². The van der Waals surface area contributed by atoms with E-state index in [1.54, 1.807) is 11.3 Å². The molecule has 122 valence electrons. The fraction of sp³-hybridized carbons (Fsp3) is 0.750. The third-order valence-electron chi connectivity index (χ3n) is 4.69. The largest absolute Gasteiger partial charge is 0.342 e. The van der Waals surface area contributed by atoms with Crippen molar-refractivity contribution in [3.8, 4) is 0 Å². The van der Waals surface area contributed by atoms with Gasteiger partial charge in [-0.3, -0.25) is 9.69 Å². The van der Waals surface area contributed by atoms with Crippen LogP contribution in [-0.4, -0.2) is 64.4 Å². The average molecular weight is 340 g/mol. The van der Waals surface area contributed by atoms with E-state index in [2.05, 4.69) is 26.5 Å². The Morgan fingerprint density at radius 3 is 2.45 bits per heavy atom. The van der Waals surface area contributed by atoms with E-state index < -0.39 is 0 Å². The lowest BCUT2D eigenvalue weighted by Gasteiger charge is -2.40. The molecule has 0 atom stereocenters. The van der Waals surface area contributed by atoms with E-state index >= 15 is 0 Å². The highest BCUT2D eigenvalue weighted by molar-refractivity contribution is 7.99. The van der Waals surface area contributed by atoms with Gasteiger partial charge in [-0.05, 0) is 26.7 Å². The summed E-state index contributed by atoms with van der Waals surface area (Å²) in [5.41, 5.74) is 1.02. The number of thioether (sulfide) groups is 1. The third-order valence-corrected chi connectivity index (χ3v) is 6.71. The second kappa shape index (κ2) is 7.32. The maximum Gasteiger partial charge on any atom is 0.227 e. The first-order valence-electron chi connectivity index (χ1n) is 8.16. The number of piperidine rings is 1. The van der Waals surface area contributed by atoms with Gasteiger partial charge in [0.15, 0.2) is 0 Å². The van der Waals surface area contributed by atoms with Gasteiger partial charge in [-0.15, -0.1) is 11.3 Å². The summed E-state index contributed by atoms with van der Waals surface area (Å²) >= 11 is 3.72. The number of carbonyl (C=O) groups excluding carboxylic acids is 1. The fourth-order valence-corrected chi connectivity index (χ4v) is 5.27. The highest BCUT2D eigenvalue weighted by Crippen LogP contribution is 2.22. The molecule has 0 saturated carbocycles. The minimum atomic E-state index is 0.277. The maximum atomic E-state index is 12.5. The van der Waals surface area contributed by atoms with Crippen molar-refractivity contribution in [2.24, 2.45) is 0 Å². The van der Waals surface area contributed by atoms with Crippen molar-refractivity contribution in [2.45, 2.75) is 39.2 Å². The molecule has 2 aliphatic rings. The molecule has 2 aliphatic heterocycles. The van der Waals surface area contributed by atoms with Crippen molar-refractivity contribution >= 4 is 29.0 Å². The molecule has 22 heavy (non-hydrogen) atoms. The van der Waals surface area contributed by atoms with Crippen LogP contribution in [0, 0.1) is 13.8 Å². The Balaban J connectivity index is 1.50. The van der Waals surface area contributed by atoms with Crippen molar-refractivity contribution < 1.29 is 4.79 Å². The molecule has 1 aromatic heterocycles. The normalized spacial score (nSPS) is 21.3. The molecule has 3 rings (SSSR count). The molecule has 0 spiro atoms. The lowest BCUT2D eigenvalue weighted by Crippen LogP contribution is -2.49. The molecule has 0 aliphatic carbocycles. The van der Waals surface area contributed by atoms with Gasteiger partial charge in [0.25, 0.3) is 0 Å². The predicted molar refractivity (Wildman–Crippen MR) is 93.8 cm³/mol. The monoisotopic (exact) mass is 339 g/mol. The molecular weight excluding hydrogens is 314 g/mol. The Hall–Kier alpha value is -0.590. The molecule has 0 bridgehead atoms. The highest BCUT2D eigenvalue weighted by Gasteiger charge is 2.28. The van der Waals surface area contributed by atoms with Gasteiger partial charge in [0, 0.05) is 48.6 Å². The number of carbonyl (C=O) groups is 1. The number of aryl methyl sites for hydroxylation is 2. The summed E-state index contributed by atoms with van der Waals surface area (Å²) in [7, 11) is 0. The van der Waals surface area contributed by atoms with Crippen LogP contribution in [0.1, 0.15) is 28.4 Å². The van der Waals surface area contributed by atoms with Crippen LogP contribution in [0.15, 0.2) is 0 Å². The molecule has 0 radical (unpaired) electrons. The van der Waals surface area contributed by atoms with Gasteiger partial charge >= 0.3 is 0 Å². The predicted octanol–water partition coefficient (Wildman–Crippen LogP) is 2.34. The number of thiazole rings is 1. The molecule has 6 heteroatoms. The van der Waals surface area contributed by atoms with E-state index in [4.69, 9.17) is 0 Å². The third kappa shape index (κ3) is 3.84. The minimum Gasteiger partial charge on any atom is -0.342 e. The van der Waals surface area contributed by atoms with Crippen LogP contribution in [0.4, 0.5) is 0 Å². The van der Waals surface area contributed by atoms with Gasteiger partial charge < -0.3 is 4.90 Å². The zero-order chi connectivity index (χ0) is 15.5. The quantitative estimate of drug-likeness (QED) is 0.847. The van der Waals surface area contributed by atoms with Crippen LogP contribution in [0.5, 0.6) is 0 Å². The second-order valence-corrected chi connectivity index (χ2v) is 8.69. The van der Waals surface area contributed by atoms with Crippen molar-refractivity contribution in [1.82, 2.24) is 14.8 Å². The number of hydrogen-bond donors (Lipinski definition) is 0. The van der Waals surface area contributed by atoms with Crippen LogP contribution >= 0.6 is 23.1 Å². The van der Waals surface area contributed by atoms with Crippen LogP contribution in [0.3, 0.4) is 0 Å². The number of nitrogens with zero attached hydrogens (tertiary/aromatic N) is 3. The van der Waals surface area contributed by atoms with Crippen molar-refractivity contribution in [2.75, 3.05) is 37.7 Å². The lowest BCUT2D eigenvalue weighted by atomic mass is 10.0. The molecule has 1 aromatic rings. The van der Waals surface area contributed by atoms with Gasteiger partial charge in [-0.2, -0.15) is 11.8 Å². The van der Waals surface area contributed by atoms with Crippen LogP contribution in [-0.2, 0) is 11.2 Å². The summed E-state index contributed by atoms with van der Waals surface area (Å²) in [6.07, 6.45) is 2.80. The van der Waals surface area contributed by atoms with Crippen molar-refractivity contribution in [1.29, 1.82) is 0 Å². The molecule has 0 aromatic carbocycles. The number of amides is 1. The lowest BCUT2D eigenvalue weighted by molar-refractivity contribution is -0.132. The molecule has 2 fully saturated rings. The molecule has 4 nitrogen and oxygen atoms in total. The summed E-state index contributed by atoms with van der Waals surface area (Å²) in [5, 5.41) is 1.06. The molecule has 1 amide bonds.